The van der Waals surface area contributed by atoms with Gasteiger partial charge in [0, 0.05) is 6.04 Å². The van der Waals surface area contributed by atoms with Crippen LogP contribution in [0.15, 0.2) is 0 Å². The molecule has 13 heavy (non-hydrogen) atoms. The van der Waals surface area contributed by atoms with E-state index in [1.165, 1.54) is 51.4 Å². The fourth-order valence-electron chi connectivity index (χ4n) is 2.48. The minimum absolute atomic E-state index is 0.810. The Kier molecular flexibility index (Phi) is 5.45. The molecule has 0 aromatic carbocycles. The molecule has 0 saturated heterocycles. The molecule has 0 amide bonds. The topological polar surface area (TPSA) is 12.0 Å². The van der Waals surface area contributed by atoms with E-state index in [2.05, 4.69) is 19.3 Å². The molecule has 0 spiro atoms. The van der Waals surface area contributed by atoms with Crippen molar-refractivity contribution < 1.29 is 0 Å². The van der Waals surface area contributed by atoms with Gasteiger partial charge in [-0.2, -0.15) is 0 Å². The second-order valence-corrected chi connectivity index (χ2v) is 4.51. The molecule has 0 aliphatic heterocycles. The van der Waals surface area contributed by atoms with Crippen LogP contribution in [0.25, 0.3) is 0 Å². The minimum Gasteiger partial charge on any atom is -0.317 e. The van der Waals surface area contributed by atoms with Gasteiger partial charge >= 0.3 is 0 Å². The number of nitrogens with one attached hydrogen (secondary N) is 1. The first kappa shape index (κ1) is 11.0. The largest absolute Gasteiger partial charge is 0.317 e. The van der Waals surface area contributed by atoms with E-state index in [0.29, 0.717) is 0 Å². The van der Waals surface area contributed by atoms with Crippen LogP contribution >= 0.6 is 0 Å². The van der Waals surface area contributed by atoms with Crippen molar-refractivity contribution in [2.45, 2.75) is 64.3 Å². The lowest BCUT2D eigenvalue weighted by atomic mass is 9.93. The van der Waals surface area contributed by atoms with E-state index in [4.69, 9.17) is 0 Å². The average Bonchev–Trinajstić information content (AvgIpc) is 2.39. The Morgan fingerprint density at radius 1 is 1.23 bits per heavy atom. The number of unbranched alkanes of at least 4 members (excludes halogenated alkanes) is 1. The molecule has 1 fully saturated rings. The van der Waals surface area contributed by atoms with Crippen molar-refractivity contribution in [3.8, 4) is 0 Å². The van der Waals surface area contributed by atoms with Gasteiger partial charge in [-0.15, -0.1) is 0 Å². The fraction of sp³-hybridized carbons (Fsp3) is 1.00. The highest BCUT2D eigenvalue weighted by Gasteiger charge is 2.17. The first-order valence-electron chi connectivity index (χ1n) is 6.04. The van der Waals surface area contributed by atoms with Crippen LogP contribution in [0.4, 0.5) is 0 Å². The molecule has 0 bridgehead atoms. The van der Waals surface area contributed by atoms with E-state index >= 15 is 0 Å². The summed E-state index contributed by atoms with van der Waals surface area (Å²) in [7, 11) is 2.12. The van der Waals surface area contributed by atoms with Crippen LogP contribution in [0.2, 0.25) is 0 Å². The zero-order valence-corrected chi connectivity index (χ0v) is 9.31. The van der Waals surface area contributed by atoms with Crippen LogP contribution in [-0.2, 0) is 0 Å². The molecule has 1 saturated carbocycles. The molecule has 2 atom stereocenters. The zero-order chi connectivity index (χ0) is 9.52. The van der Waals surface area contributed by atoms with Crippen LogP contribution in [0.1, 0.15) is 58.3 Å². The Labute approximate surface area is 83.3 Å². The van der Waals surface area contributed by atoms with Gasteiger partial charge in [-0.05, 0) is 25.8 Å². The van der Waals surface area contributed by atoms with E-state index in [1.54, 1.807) is 0 Å². The summed E-state index contributed by atoms with van der Waals surface area (Å²) < 4.78 is 0. The van der Waals surface area contributed by atoms with Gasteiger partial charge in [-0.3, -0.25) is 0 Å². The van der Waals surface area contributed by atoms with Crippen LogP contribution in [0.3, 0.4) is 0 Å². The summed E-state index contributed by atoms with van der Waals surface area (Å²) >= 11 is 0. The summed E-state index contributed by atoms with van der Waals surface area (Å²) in [5.74, 6) is 1.01. The summed E-state index contributed by atoms with van der Waals surface area (Å²) in [5, 5.41) is 3.45. The van der Waals surface area contributed by atoms with Crippen molar-refractivity contribution in [1.82, 2.24) is 5.32 Å². The highest BCUT2D eigenvalue weighted by molar-refractivity contribution is 4.74. The molecular formula is C12H25N. The Hall–Kier alpha value is -0.0400. The van der Waals surface area contributed by atoms with Crippen molar-refractivity contribution in [3.05, 3.63) is 0 Å². The lowest BCUT2D eigenvalue weighted by Gasteiger charge is -2.19. The van der Waals surface area contributed by atoms with E-state index < -0.39 is 0 Å². The number of rotatable bonds is 4. The van der Waals surface area contributed by atoms with Crippen LogP contribution in [0, 0.1) is 5.92 Å². The second-order valence-electron chi connectivity index (χ2n) is 4.51. The maximum Gasteiger partial charge on any atom is 0.00667 e. The lowest BCUT2D eigenvalue weighted by Crippen LogP contribution is -2.26. The maximum atomic E-state index is 3.45. The molecule has 0 aromatic heterocycles. The number of hydrogen-bond acceptors (Lipinski definition) is 1. The van der Waals surface area contributed by atoms with Crippen molar-refractivity contribution in [1.29, 1.82) is 0 Å². The highest BCUT2D eigenvalue weighted by Crippen LogP contribution is 2.26. The molecule has 0 aromatic rings. The zero-order valence-electron chi connectivity index (χ0n) is 9.31. The van der Waals surface area contributed by atoms with E-state index in [-0.39, 0.29) is 0 Å². The second kappa shape index (κ2) is 6.42. The van der Waals surface area contributed by atoms with Gasteiger partial charge in [-0.1, -0.05) is 45.4 Å². The van der Waals surface area contributed by atoms with Crippen molar-refractivity contribution in [2.75, 3.05) is 7.05 Å². The number of hydrogen-bond donors (Lipinski definition) is 1. The van der Waals surface area contributed by atoms with Gasteiger partial charge in [0.15, 0.2) is 0 Å². The standard InChI is InChI=1S/C12H25N/c1-3-4-7-11-8-5-6-9-12(10-11)13-2/h11-13H,3-10H2,1-2H3. The Morgan fingerprint density at radius 3 is 2.69 bits per heavy atom. The van der Waals surface area contributed by atoms with Crippen LogP contribution in [-0.4, -0.2) is 13.1 Å². The predicted molar refractivity (Wildman–Crippen MR) is 58.9 cm³/mol. The Balaban J connectivity index is 2.26. The van der Waals surface area contributed by atoms with Crippen molar-refractivity contribution in [3.63, 3.8) is 0 Å². The molecule has 78 valence electrons. The van der Waals surface area contributed by atoms with Gasteiger partial charge in [0.1, 0.15) is 0 Å². The molecule has 0 heterocycles. The van der Waals surface area contributed by atoms with Crippen LogP contribution in [0.5, 0.6) is 0 Å². The first-order valence-corrected chi connectivity index (χ1v) is 6.04. The molecule has 1 aliphatic rings. The summed E-state index contributed by atoms with van der Waals surface area (Å²) in [6.45, 7) is 2.30. The van der Waals surface area contributed by atoms with Gasteiger partial charge < -0.3 is 5.32 Å². The normalized spacial score (nSPS) is 30.0. The van der Waals surface area contributed by atoms with Gasteiger partial charge in [-0.25, -0.2) is 0 Å². The molecule has 0 radical (unpaired) electrons. The highest BCUT2D eigenvalue weighted by atomic mass is 14.9. The Morgan fingerprint density at radius 2 is 2.00 bits per heavy atom. The van der Waals surface area contributed by atoms with E-state index in [9.17, 15) is 0 Å². The van der Waals surface area contributed by atoms with Gasteiger partial charge in [0.05, 0.1) is 0 Å². The predicted octanol–water partition coefficient (Wildman–Crippen LogP) is 3.34. The quantitative estimate of drug-likeness (QED) is 0.659. The lowest BCUT2D eigenvalue weighted by molar-refractivity contribution is 0.372. The monoisotopic (exact) mass is 183 g/mol. The summed E-state index contributed by atoms with van der Waals surface area (Å²) in [6.07, 6.45) is 11.5. The molecule has 1 aliphatic carbocycles. The smallest absolute Gasteiger partial charge is 0.00667 e. The molecule has 1 heteroatoms. The summed E-state index contributed by atoms with van der Waals surface area (Å²) in [5.41, 5.74) is 0. The summed E-state index contributed by atoms with van der Waals surface area (Å²) in [6, 6.07) is 0.810. The SMILES string of the molecule is CCCCC1CCCCC(NC)C1. The van der Waals surface area contributed by atoms with Crippen LogP contribution < -0.4 is 5.32 Å². The van der Waals surface area contributed by atoms with Crippen molar-refractivity contribution >= 4 is 0 Å². The third-order valence-corrected chi connectivity index (χ3v) is 3.41. The first-order chi connectivity index (χ1) is 6.36. The van der Waals surface area contributed by atoms with E-state index in [1.807, 2.05) is 0 Å². The summed E-state index contributed by atoms with van der Waals surface area (Å²) in [4.78, 5) is 0. The minimum atomic E-state index is 0.810. The van der Waals surface area contributed by atoms with Crippen molar-refractivity contribution in [2.24, 2.45) is 5.92 Å². The molecule has 1 N–H and O–H groups in total. The molecule has 1 nitrogen and oxygen atoms in total. The molecular weight excluding hydrogens is 158 g/mol. The third-order valence-electron chi connectivity index (χ3n) is 3.41. The fourth-order valence-corrected chi connectivity index (χ4v) is 2.48. The molecule has 2 unspecified atom stereocenters. The Bertz CT molecular complexity index is 122. The van der Waals surface area contributed by atoms with Gasteiger partial charge in [0.25, 0.3) is 0 Å². The molecule has 1 rings (SSSR count). The average molecular weight is 183 g/mol. The van der Waals surface area contributed by atoms with E-state index in [0.717, 1.165) is 12.0 Å². The maximum absolute atomic E-state index is 3.45. The third kappa shape index (κ3) is 4.12. The van der Waals surface area contributed by atoms with Gasteiger partial charge in [0.2, 0.25) is 0 Å².